The third-order valence-corrected chi connectivity index (χ3v) is 3.50. The number of fused-ring (bicyclic) bond motifs is 1. The average molecular weight is 230 g/mol. The quantitative estimate of drug-likeness (QED) is 0.836. The van der Waals surface area contributed by atoms with Crippen molar-refractivity contribution in [3.05, 3.63) is 30.1 Å². The number of imidazole rings is 1. The smallest absolute Gasteiger partial charge is 0.121 e. The predicted octanol–water partition coefficient (Wildman–Crippen LogP) is 1.36. The van der Waals surface area contributed by atoms with Crippen molar-refractivity contribution >= 4 is 11.0 Å². The highest BCUT2D eigenvalue weighted by Crippen LogP contribution is 2.13. The lowest BCUT2D eigenvalue weighted by atomic mass is 10.2. The van der Waals surface area contributed by atoms with E-state index in [0.717, 1.165) is 36.5 Å². The maximum absolute atomic E-state index is 4.61. The number of aromatic nitrogens is 2. The first kappa shape index (κ1) is 10.7. The molecule has 0 saturated carbocycles. The van der Waals surface area contributed by atoms with E-state index in [-0.39, 0.29) is 0 Å². The molecule has 2 aromatic rings. The van der Waals surface area contributed by atoms with Crippen molar-refractivity contribution in [2.24, 2.45) is 0 Å². The molecule has 1 aliphatic heterocycles. The molecule has 1 aromatic heterocycles. The van der Waals surface area contributed by atoms with Crippen LogP contribution in [0.2, 0.25) is 0 Å². The van der Waals surface area contributed by atoms with Gasteiger partial charge in [0.1, 0.15) is 5.82 Å². The van der Waals surface area contributed by atoms with Gasteiger partial charge in [-0.25, -0.2) is 4.98 Å². The molecule has 0 bridgehead atoms. The topological polar surface area (TPSA) is 44.0 Å². The van der Waals surface area contributed by atoms with Crippen LogP contribution in [0.4, 0.5) is 0 Å². The summed E-state index contributed by atoms with van der Waals surface area (Å²) in [5.74, 6) is 1.06. The van der Waals surface area contributed by atoms with Gasteiger partial charge in [-0.15, -0.1) is 0 Å². The van der Waals surface area contributed by atoms with Gasteiger partial charge in [0.2, 0.25) is 0 Å². The average Bonchev–Trinajstić information content (AvgIpc) is 2.97. The summed E-state index contributed by atoms with van der Waals surface area (Å²) in [6.07, 6.45) is 1.23. The lowest BCUT2D eigenvalue weighted by Crippen LogP contribution is -2.33. The molecular formula is C13H18N4. The van der Waals surface area contributed by atoms with Gasteiger partial charge < -0.3 is 10.3 Å². The molecule has 2 heterocycles. The van der Waals surface area contributed by atoms with Gasteiger partial charge in [-0.05, 0) is 32.1 Å². The van der Waals surface area contributed by atoms with Crippen molar-refractivity contribution in [3.8, 4) is 0 Å². The van der Waals surface area contributed by atoms with Crippen molar-refractivity contribution in [1.82, 2.24) is 20.2 Å². The number of nitrogens with one attached hydrogen (secondary N) is 2. The third-order valence-electron chi connectivity index (χ3n) is 3.50. The molecule has 4 heteroatoms. The van der Waals surface area contributed by atoms with Crippen LogP contribution in [-0.2, 0) is 6.54 Å². The van der Waals surface area contributed by atoms with E-state index in [0.29, 0.717) is 6.04 Å². The molecule has 17 heavy (non-hydrogen) atoms. The van der Waals surface area contributed by atoms with Crippen LogP contribution in [0.1, 0.15) is 12.2 Å². The Hall–Kier alpha value is -1.39. The zero-order valence-electron chi connectivity index (χ0n) is 10.1. The van der Waals surface area contributed by atoms with Gasteiger partial charge in [-0.3, -0.25) is 4.90 Å². The standard InChI is InChI=1S/C13H18N4/c1-17(10-6-7-14-8-10)9-13-15-11-4-2-3-5-12(11)16-13/h2-5,10,14H,6-9H2,1H3,(H,15,16). The molecule has 0 amide bonds. The molecule has 4 nitrogen and oxygen atoms in total. The summed E-state index contributed by atoms with van der Waals surface area (Å²) in [4.78, 5) is 10.4. The van der Waals surface area contributed by atoms with Crippen LogP contribution in [0, 0.1) is 0 Å². The van der Waals surface area contributed by atoms with Crippen LogP contribution >= 0.6 is 0 Å². The lowest BCUT2D eigenvalue weighted by molar-refractivity contribution is 0.244. The molecular weight excluding hydrogens is 212 g/mol. The number of rotatable bonds is 3. The zero-order chi connectivity index (χ0) is 11.7. The van der Waals surface area contributed by atoms with Crippen molar-refractivity contribution in [2.45, 2.75) is 19.0 Å². The van der Waals surface area contributed by atoms with E-state index in [9.17, 15) is 0 Å². The van der Waals surface area contributed by atoms with Crippen LogP contribution in [0.5, 0.6) is 0 Å². The van der Waals surface area contributed by atoms with E-state index in [2.05, 4.69) is 33.3 Å². The SMILES string of the molecule is CN(Cc1nc2ccccc2[nH]1)C1CCNC1. The number of nitrogens with zero attached hydrogens (tertiary/aromatic N) is 2. The molecule has 1 saturated heterocycles. The monoisotopic (exact) mass is 230 g/mol. The summed E-state index contributed by atoms with van der Waals surface area (Å²) in [5.41, 5.74) is 2.18. The minimum absolute atomic E-state index is 0.642. The first-order valence-electron chi connectivity index (χ1n) is 6.17. The second kappa shape index (κ2) is 4.47. The summed E-state index contributed by atoms with van der Waals surface area (Å²) in [6.45, 7) is 3.12. The molecule has 1 atom stereocenters. The largest absolute Gasteiger partial charge is 0.341 e. The Morgan fingerprint density at radius 2 is 2.29 bits per heavy atom. The predicted molar refractivity (Wildman–Crippen MR) is 68.8 cm³/mol. The highest BCUT2D eigenvalue weighted by atomic mass is 15.2. The van der Waals surface area contributed by atoms with E-state index >= 15 is 0 Å². The Kier molecular flexibility index (Phi) is 2.82. The minimum Gasteiger partial charge on any atom is -0.341 e. The molecule has 90 valence electrons. The van der Waals surface area contributed by atoms with E-state index in [1.165, 1.54) is 6.42 Å². The Labute approximate surface area is 101 Å². The first-order chi connectivity index (χ1) is 8.33. The summed E-state index contributed by atoms with van der Waals surface area (Å²) in [6, 6.07) is 8.82. The number of hydrogen-bond acceptors (Lipinski definition) is 3. The number of benzene rings is 1. The summed E-state index contributed by atoms with van der Waals surface area (Å²) >= 11 is 0. The van der Waals surface area contributed by atoms with E-state index in [4.69, 9.17) is 0 Å². The zero-order valence-corrected chi connectivity index (χ0v) is 10.1. The second-order valence-electron chi connectivity index (χ2n) is 4.76. The highest BCUT2D eigenvalue weighted by molar-refractivity contribution is 5.74. The van der Waals surface area contributed by atoms with Crippen molar-refractivity contribution in [1.29, 1.82) is 0 Å². The molecule has 1 aromatic carbocycles. The Bertz CT molecular complexity index is 466. The van der Waals surface area contributed by atoms with Gasteiger partial charge in [0.15, 0.2) is 0 Å². The van der Waals surface area contributed by atoms with Gasteiger partial charge in [0.25, 0.3) is 0 Å². The highest BCUT2D eigenvalue weighted by Gasteiger charge is 2.19. The summed E-state index contributed by atoms with van der Waals surface area (Å²) in [7, 11) is 2.17. The Balaban J connectivity index is 1.75. The van der Waals surface area contributed by atoms with Crippen LogP contribution in [0.15, 0.2) is 24.3 Å². The Morgan fingerprint density at radius 3 is 3.06 bits per heavy atom. The number of aromatic amines is 1. The summed E-state index contributed by atoms with van der Waals surface area (Å²) in [5, 5.41) is 3.39. The fraction of sp³-hybridized carbons (Fsp3) is 0.462. The van der Waals surface area contributed by atoms with Crippen molar-refractivity contribution in [3.63, 3.8) is 0 Å². The number of hydrogen-bond donors (Lipinski definition) is 2. The second-order valence-corrected chi connectivity index (χ2v) is 4.76. The lowest BCUT2D eigenvalue weighted by Gasteiger charge is -2.21. The molecule has 3 rings (SSSR count). The van der Waals surface area contributed by atoms with Gasteiger partial charge in [-0.2, -0.15) is 0 Å². The van der Waals surface area contributed by atoms with E-state index in [1.54, 1.807) is 0 Å². The normalized spacial score (nSPS) is 20.5. The molecule has 1 unspecified atom stereocenters. The van der Waals surface area contributed by atoms with Gasteiger partial charge in [-0.1, -0.05) is 12.1 Å². The van der Waals surface area contributed by atoms with Crippen LogP contribution in [0.3, 0.4) is 0 Å². The van der Waals surface area contributed by atoms with E-state index < -0.39 is 0 Å². The molecule has 1 fully saturated rings. The van der Waals surface area contributed by atoms with Gasteiger partial charge in [0, 0.05) is 12.6 Å². The number of para-hydroxylation sites is 2. The Morgan fingerprint density at radius 1 is 1.41 bits per heavy atom. The molecule has 1 aliphatic rings. The van der Waals surface area contributed by atoms with Crippen LogP contribution < -0.4 is 5.32 Å². The maximum atomic E-state index is 4.61. The van der Waals surface area contributed by atoms with Crippen LogP contribution in [-0.4, -0.2) is 41.0 Å². The first-order valence-corrected chi connectivity index (χ1v) is 6.17. The summed E-state index contributed by atoms with van der Waals surface area (Å²) < 4.78 is 0. The molecule has 0 aliphatic carbocycles. The molecule has 0 spiro atoms. The fourth-order valence-corrected chi connectivity index (χ4v) is 2.46. The van der Waals surface area contributed by atoms with Gasteiger partial charge in [0.05, 0.1) is 17.6 Å². The van der Waals surface area contributed by atoms with Crippen LogP contribution in [0.25, 0.3) is 11.0 Å². The minimum atomic E-state index is 0.642. The number of likely N-dealkylation sites (N-methyl/N-ethyl adjacent to an activating group) is 1. The maximum Gasteiger partial charge on any atom is 0.121 e. The fourth-order valence-electron chi connectivity index (χ4n) is 2.46. The van der Waals surface area contributed by atoms with E-state index in [1.807, 2.05) is 18.2 Å². The van der Waals surface area contributed by atoms with Crippen molar-refractivity contribution in [2.75, 3.05) is 20.1 Å². The third kappa shape index (κ3) is 2.18. The molecule has 2 N–H and O–H groups in total. The van der Waals surface area contributed by atoms with Gasteiger partial charge >= 0.3 is 0 Å². The molecule has 0 radical (unpaired) electrons. The van der Waals surface area contributed by atoms with Crippen molar-refractivity contribution < 1.29 is 0 Å². The number of H-pyrrole nitrogens is 1.